The first-order chi connectivity index (χ1) is 6.56. The molecule has 0 aliphatic heterocycles. The summed E-state index contributed by atoms with van der Waals surface area (Å²) in [5.41, 5.74) is 2.26. The molecule has 0 spiro atoms. The highest BCUT2D eigenvalue weighted by Gasteiger charge is 2.12. The molecule has 0 aromatic heterocycles. The van der Waals surface area contributed by atoms with Crippen molar-refractivity contribution in [3.8, 4) is 0 Å². The van der Waals surface area contributed by atoms with E-state index < -0.39 is 0 Å². The van der Waals surface area contributed by atoms with E-state index in [0.717, 1.165) is 5.56 Å². The van der Waals surface area contributed by atoms with E-state index in [1.807, 2.05) is 18.2 Å². The Morgan fingerprint density at radius 1 is 1.36 bits per heavy atom. The van der Waals surface area contributed by atoms with E-state index >= 15 is 0 Å². The van der Waals surface area contributed by atoms with Crippen LogP contribution in [0.2, 0.25) is 5.02 Å². The largest absolute Gasteiger partial charge is 0.396 e. The van der Waals surface area contributed by atoms with Gasteiger partial charge in [0.05, 0.1) is 0 Å². The van der Waals surface area contributed by atoms with Crippen molar-refractivity contribution in [3.05, 3.63) is 41.3 Å². The van der Waals surface area contributed by atoms with Gasteiger partial charge < -0.3 is 5.11 Å². The lowest BCUT2D eigenvalue weighted by molar-refractivity contribution is 0.282. The Morgan fingerprint density at radius 3 is 2.50 bits per heavy atom. The van der Waals surface area contributed by atoms with E-state index in [2.05, 4.69) is 20.8 Å². The minimum absolute atomic E-state index is 0.0556. The number of rotatable bonds is 3. The first-order valence-corrected chi connectivity index (χ1v) is 5.17. The van der Waals surface area contributed by atoms with Gasteiger partial charge >= 0.3 is 0 Å². The quantitative estimate of drug-likeness (QED) is 0.813. The third-order valence-corrected chi connectivity index (χ3v) is 2.57. The summed E-state index contributed by atoms with van der Waals surface area (Å²) in [5, 5.41) is 9.78. The van der Waals surface area contributed by atoms with Crippen LogP contribution in [0.5, 0.6) is 0 Å². The van der Waals surface area contributed by atoms with Crippen LogP contribution in [0.1, 0.15) is 36.8 Å². The van der Waals surface area contributed by atoms with Gasteiger partial charge in [0.1, 0.15) is 0 Å². The van der Waals surface area contributed by atoms with Crippen LogP contribution in [0.15, 0.2) is 18.2 Å². The maximum absolute atomic E-state index is 9.08. The molecule has 0 aliphatic carbocycles. The van der Waals surface area contributed by atoms with Crippen molar-refractivity contribution in [3.63, 3.8) is 0 Å². The lowest BCUT2D eigenvalue weighted by Gasteiger charge is -2.17. The van der Waals surface area contributed by atoms with E-state index in [9.17, 15) is 0 Å². The maximum Gasteiger partial charge on any atom is 0.0499 e. The van der Waals surface area contributed by atoms with E-state index in [0.29, 0.717) is 10.9 Å². The van der Waals surface area contributed by atoms with Crippen LogP contribution in [-0.4, -0.2) is 11.7 Å². The van der Waals surface area contributed by atoms with Crippen molar-refractivity contribution >= 4 is 11.6 Å². The van der Waals surface area contributed by atoms with Gasteiger partial charge in [0.2, 0.25) is 0 Å². The maximum atomic E-state index is 9.08. The van der Waals surface area contributed by atoms with Gasteiger partial charge in [-0.1, -0.05) is 31.5 Å². The van der Waals surface area contributed by atoms with Crippen LogP contribution in [-0.2, 0) is 0 Å². The molecule has 1 aromatic rings. The molecule has 1 radical (unpaired) electrons. The summed E-state index contributed by atoms with van der Waals surface area (Å²) in [6.07, 6.45) is 0. The standard InChI is InChI=1S/C12H16ClO/c1-8(2)11-5-4-10(13)6-12(11)9(3)7-14/h4-6,8-9,14H,3,7H2,1-2H3. The minimum Gasteiger partial charge on any atom is -0.396 e. The van der Waals surface area contributed by atoms with E-state index in [4.69, 9.17) is 16.7 Å². The third kappa shape index (κ3) is 2.49. The van der Waals surface area contributed by atoms with E-state index in [1.165, 1.54) is 5.56 Å². The second kappa shape index (κ2) is 4.81. The van der Waals surface area contributed by atoms with Crippen molar-refractivity contribution in [2.75, 3.05) is 6.61 Å². The normalized spacial score (nSPS) is 13.3. The minimum atomic E-state index is -0.0916. The zero-order valence-electron chi connectivity index (χ0n) is 8.63. The van der Waals surface area contributed by atoms with Crippen LogP contribution in [0.4, 0.5) is 0 Å². The van der Waals surface area contributed by atoms with Crippen LogP contribution in [0.3, 0.4) is 0 Å². The summed E-state index contributed by atoms with van der Waals surface area (Å²) in [4.78, 5) is 0. The van der Waals surface area contributed by atoms with Crippen LogP contribution >= 0.6 is 11.6 Å². The molecule has 1 nitrogen and oxygen atoms in total. The Labute approximate surface area is 90.7 Å². The summed E-state index contributed by atoms with van der Waals surface area (Å²) in [7, 11) is 0. The monoisotopic (exact) mass is 211 g/mol. The average Bonchev–Trinajstić information content (AvgIpc) is 2.16. The zero-order valence-corrected chi connectivity index (χ0v) is 9.38. The van der Waals surface area contributed by atoms with Gasteiger partial charge in [-0.05, 0) is 36.1 Å². The smallest absolute Gasteiger partial charge is 0.0499 e. The van der Waals surface area contributed by atoms with Gasteiger partial charge in [-0.25, -0.2) is 0 Å². The Bertz CT molecular complexity index is 307. The number of hydrogen-bond acceptors (Lipinski definition) is 1. The molecular weight excluding hydrogens is 196 g/mol. The molecule has 14 heavy (non-hydrogen) atoms. The summed E-state index contributed by atoms with van der Waals surface area (Å²) in [6.45, 7) is 8.20. The number of aliphatic hydroxyl groups excluding tert-OH is 1. The molecule has 77 valence electrons. The highest BCUT2D eigenvalue weighted by molar-refractivity contribution is 6.30. The van der Waals surface area contributed by atoms with Crippen molar-refractivity contribution in [2.45, 2.75) is 25.7 Å². The van der Waals surface area contributed by atoms with Crippen molar-refractivity contribution < 1.29 is 5.11 Å². The fraction of sp³-hybridized carbons (Fsp3) is 0.417. The van der Waals surface area contributed by atoms with Gasteiger partial charge in [-0.2, -0.15) is 0 Å². The Hall–Kier alpha value is -0.530. The van der Waals surface area contributed by atoms with Gasteiger partial charge in [-0.3, -0.25) is 0 Å². The van der Waals surface area contributed by atoms with E-state index in [1.54, 1.807) is 0 Å². The van der Waals surface area contributed by atoms with Gasteiger partial charge in [-0.15, -0.1) is 0 Å². The predicted molar refractivity (Wildman–Crippen MR) is 60.7 cm³/mol. The first kappa shape index (κ1) is 11.5. The zero-order chi connectivity index (χ0) is 10.7. The highest BCUT2D eigenvalue weighted by Crippen LogP contribution is 2.28. The van der Waals surface area contributed by atoms with Crippen molar-refractivity contribution in [2.24, 2.45) is 0 Å². The second-order valence-electron chi connectivity index (χ2n) is 3.81. The van der Waals surface area contributed by atoms with Gasteiger partial charge in [0, 0.05) is 17.5 Å². The molecule has 0 saturated carbocycles. The number of benzene rings is 1. The first-order valence-electron chi connectivity index (χ1n) is 4.79. The summed E-state index contributed by atoms with van der Waals surface area (Å²) >= 11 is 5.91. The summed E-state index contributed by atoms with van der Waals surface area (Å²) < 4.78 is 0. The molecule has 0 saturated heterocycles. The third-order valence-electron chi connectivity index (χ3n) is 2.33. The number of hydrogen-bond donors (Lipinski definition) is 1. The van der Waals surface area contributed by atoms with Crippen LogP contribution in [0.25, 0.3) is 0 Å². The molecule has 0 amide bonds. The summed E-state index contributed by atoms with van der Waals surface area (Å²) in [6, 6.07) is 5.78. The predicted octanol–water partition coefficient (Wildman–Crippen LogP) is 3.37. The molecule has 0 heterocycles. The van der Waals surface area contributed by atoms with Gasteiger partial charge in [0.15, 0.2) is 0 Å². The average molecular weight is 212 g/mol. The molecule has 0 fully saturated rings. The molecule has 1 aromatic carbocycles. The molecule has 1 rings (SSSR count). The highest BCUT2D eigenvalue weighted by atomic mass is 35.5. The molecule has 0 aliphatic rings. The fourth-order valence-electron chi connectivity index (χ4n) is 1.52. The Kier molecular flexibility index (Phi) is 3.97. The molecular formula is C12H16ClO. The van der Waals surface area contributed by atoms with Crippen molar-refractivity contribution in [1.29, 1.82) is 0 Å². The fourth-order valence-corrected chi connectivity index (χ4v) is 1.70. The topological polar surface area (TPSA) is 20.2 Å². The Morgan fingerprint density at radius 2 is 2.00 bits per heavy atom. The number of halogens is 1. The molecule has 1 N–H and O–H groups in total. The molecule has 1 atom stereocenters. The lowest BCUT2D eigenvalue weighted by Crippen LogP contribution is -2.04. The number of aliphatic hydroxyl groups is 1. The second-order valence-corrected chi connectivity index (χ2v) is 4.24. The van der Waals surface area contributed by atoms with Crippen LogP contribution in [0, 0.1) is 6.92 Å². The summed E-state index contributed by atoms with van der Waals surface area (Å²) in [5.74, 6) is 0.337. The van der Waals surface area contributed by atoms with E-state index in [-0.39, 0.29) is 12.5 Å². The molecule has 0 bridgehead atoms. The van der Waals surface area contributed by atoms with Crippen molar-refractivity contribution in [1.82, 2.24) is 0 Å². The molecule has 1 unspecified atom stereocenters. The lowest BCUT2D eigenvalue weighted by atomic mass is 9.90. The van der Waals surface area contributed by atoms with Crippen LogP contribution < -0.4 is 0 Å². The molecule has 2 heteroatoms. The SMILES string of the molecule is [CH2]C(CO)c1cc(Cl)ccc1C(C)C. The van der Waals surface area contributed by atoms with Gasteiger partial charge in [0.25, 0.3) is 0 Å². The Balaban J connectivity index is 3.15.